The first-order chi connectivity index (χ1) is 9.04. The molecule has 1 aliphatic heterocycles. The molecular formula is C13H23N5O. The molecule has 2 heterocycles. The van der Waals surface area contributed by atoms with Crippen LogP contribution in [-0.2, 0) is 0 Å². The molecule has 2 rings (SSSR count). The van der Waals surface area contributed by atoms with Gasteiger partial charge in [0.25, 0.3) is 0 Å². The highest BCUT2D eigenvalue weighted by atomic mass is 16.5. The third-order valence-corrected chi connectivity index (χ3v) is 3.64. The van der Waals surface area contributed by atoms with Crippen molar-refractivity contribution in [3.05, 3.63) is 6.33 Å². The molecule has 0 aromatic carbocycles. The average Bonchev–Trinajstić information content (AvgIpc) is 2.74. The summed E-state index contributed by atoms with van der Waals surface area (Å²) in [5.41, 5.74) is 6.65. The van der Waals surface area contributed by atoms with Gasteiger partial charge in [0.2, 0.25) is 5.88 Å². The quantitative estimate of drug-likeness (QED) is 0.870. The van der Waals surface area contributed by atoms with Crippen LogP contribution in [0.2, 0.25) is 0 Å². The van der Waals surface area contributed by atoms with Gasteiger partial charge in [-0.15, -0.1) is 0 Å². The van der Waals surface area contributed by atoms with E-state index in [4.69, 9.17) is 10.5 Å². The summed E-state index contributed by atoms with van der Waals surface area (Å²) in [4.78, 5) is 12.9. The van der Waals surface area contributed by atoms with Gasteiger partial charge in [-0.1, -0.05) is 6.92 Å². The molecule has 1 aliphatic rings. The van der Waals surface area contributed by atoms with Crippen molar-refractivity contribution in [2.24, 2.45) is 5.92 Å². The summed E-state index contributed by atoms with van der Waals surface area (Å²) in [5.74, 6) is 1.85. The van der Waals surface area contributed by atoms with E-state index in [1.54, 1.807) is 0 Å². The zero-order valence-corrected chi connectivity index (χ0v) is 12.1. The Morgan fingerprint density at radius 1 is 1.42 bits per heavy atom. The highest BCUT2D eigenvalue weighted by molar-refractivity contribution is 5.68. The van der Waals surface area contributed by atoms with Crippen LogP contribution in [0.15, 0.2) is 6.33 Å². The van der Waals surface area contributed by atoms with Gasteiger partial charge >= 0.3 is 0 Å². The minimum absolute atomic E-state index is 0.480. The van der Waals surface area contributed by atoms with Crippen LogP contribution < -0.4 is 15.4 Å². The molecule has 2 N–H and O–H groups in total. The van der Waals surface area contributed by atoms with Gasteiger partial charge in [-0.3, -0.25) is 0 Å². The van der Waals surface area contributed by atoms with Crippen molar-refractivity contribution in [3.63, 3.8) is 0 Å². The van der Waals surface area contributed by atoms with Gasteiger partial charge in [0.15, 0.2) is 5.82 Å². The highest BCUT2D eigenvalue weighted by Gasteiger charge is 2.33. The minimum Gasteiger partial charge on any atom is -0.476 e. The van der Waals surface area contributed by atoms with Gasteiger partial charge in [-0.25, -0.2) is 4.98 Å². The maximum Gasteiger partial charge on any atom is 0.242 e. The number of likely N-dealkylation sites (N-methyl/N-ethyl adjacent to an activating group) is 1. The number of nitrogens with two attached hydrogens (primary N) is 1. The fourth-order valence-corrected chi connectivity index (χ4v) is 2.67. The fourth-order valence-electron chi connectivity index (χ4n) is 2.67. The monoisotopic (exact) mass is 265 g/mol. The zero-order chi connectivity index (χ0) is 14.0. The molecule has 1 fully saturated rings. The van der Waals surface area contributed by atoms with E-state index in [9.17, 15) is 0 Å². The summed E-state index contributed by atoms with van der Waals surface area (Å²) in [6.07, 6.45) is 1.52. The number of hydrogen-bond acceptors (Lipinski definition) is 6. The van der Waals surface area contributed by atoms with Crippen LogP contribution in [0.1, 0.15) is 13.8 Å². The van der Waals surface area contributed by atoms with E-state index in [0.717, 1.165) is 18.9 Å². The van der Waals surface area contributed by atoms with Gasteiger partial charge in [0.05, 0.1) is 6.61 Å². The lowest BCUT2D eigenvalue weighted by atomic mass is 10.1. The first kappa shape index (κ1) is 13.9. The molecule has 2 atom stereocenters. The first-order valence-corrected chi connectivity index (χ1v) is 6.69. The standard InChI is InChI=1S/C13H23N5O/c1-5-19-13-11(14)12(15-8-16-13)18-6-9(2)10(7-18)17(3)4/h8-10H,5-7,14H2,1-4H3. The number of rotatable bonds is 4. The summed E-state index contributed by atoms with van der Waals surface area (Å²) >= 11 is 0. The molecule has 1 aromatic heterocycles. The lowest BCUT2D eigenvalue weighted by Crippen LogP contribution is -2.34. The van der Waals surface area contributed by atoms with E-state index in [0.29, 0.717) is 30.1 Å². The Morgan fingerprint density at radius 3 is 2.74 bits per heavy atom. The van der Waals surface area contributed by atoms with Crippen LogP contribution in [0, 0.1) is 5.92 Å². The Morgan fingerprint density at radius 2 is 2.16 bits per heavy atom. The molecule has 1 saturated heterocycles. The van der Waals surface area contributed by atoms with E-state index in [-0.39, 0.29) is 0 Å². The Hall–Kier alpha value is -1.56. The molecule has 106 valence electrons. The second-order valence-corrected chi connectivity index (χ2v) is 5.26. The van der Waals surface area contributed by atoms with E-state index in [1.807, 2.05) is 6.92 Å². The number of nitrogens with zero attached hydrogens (tertiary/aromatic N) is 4. The maximum absolute atomic E-state index is 6.11. The molecule has 19 heavy (non-hydrogen) atoms. The second kappa shape index (κ2) is 5.61. The molecule has 6 heteroatoms. The lowest BCUT2D eigenvalue weighted by molar-refractivity contribution is 0.266. The van der Waals surface area contributed by atoms with Gasteiger partial charge in [0.1, 0.15) is 12.0 Å². The molecule has 2 unspecified atom stereocenters. The van der Waals surface area contributed by atoms with Gasteiger partial charge < -0.3 is 20.3 Å². The summed E-state index contributed by atoms with van der Waals surface area (Å²) in [5, 5.41) is 0. The lowest BCUT2D eigenvalue weighted by Gasteiger charge is -2.23. The zero-order valence-electron chi connectivity index (χ0n) is 12.1. The van der Waals surface area contributed by atoms with E-state index >= 15 is 0 Å². The average molecular weight is 265 g/mol. The Labute approximate surface area is 114 Å². The van der Waals surface area contributed by atoms with Crippen LogP contribution in [-0.4, -0.2) is 54.7 Å². The van der Waals surface area contributed by atoms with Crippen LogP contribution in [0.4, 0.5) is 11.5 Å². The summed E-state index contributed by atoms with van der Waals surface area (Å²) in [7, 11) is 4.22. The molecule has 0 spiro atoms. The summed E-state index contributed by atoms with van der Waals surface area (Å²) in [6.45, 7) is 6.61. The number of hydrogen-bond donors (Lipinski definition) is 1. The van der Waals surface area contributed by atoms with E-state index in [1.165, 1.54) is 6.33 Å². The van der Waals surface area contributed by atoms with Crippen molar-refractivity contribution in [1.82, 2.24) is 14.9 Å². The van der Waals surface area contributed by atoms with Crippen molar-refractivity contribution in [2.75, 3.05) is 44.4 Å². The van der Waals surface area contributed by atoms with Crippen LogP contribution >= 0.6 is 0 Å². The molecule has 0 amide bonds. The number of aromatic nitrogens is 2. The Bertz CT molecular complexity index is 437. The number of ether oxygens (including phenoxy) is 1. The van der Waals surface area contributed by atoms with Crippen molar-refractivity contribution in [2.45, 2.75) is 19.9 Å². The highest BCUT2D eigenvalue weighted by Crippen LogP contribution is 2.32. The topological polar surface area (TPSA) is 67.5 Å². The normalized spacial score (nSPS) is 23.1. The third-order valence-electron chi connectivity index (χ3n) is 3.64. The maximum atomic E-state index is 6.11. The molecular weight excluding hydrogens is 242 g/mol. The van der Waals surface area contributed by atoms with Gasteiger partial charge in [-0.2, -0.15) is 4.98 Å². The molecule has 0 radical (unpaired) electrons. The van der Waals surface area contributed by atoms with Gasteiger partial charge in [0, 0.05) is 19.1 Å². The largest absolute Gasteiger partial charge is 0.476 e. The van der Waals surface area contributed by atoms with Crippen LogP contribution in [0.25, 0.3) is 0 Å². The van der Waals surface area contributed by atoms with Crippen molar-refractivity contribution < 1.29 is 4.74 Å². The van der Waals surface area contributed by atoms with Crippen molar-refractivity contribution in [3.8, 4) is 5.88 Å². The first-order valence-electron chi connectivity index (χ1n) is 6.69. The van der Waals surface area contributed by atoms with E-state index in [2.05, 4.69) is 40.8 Å². The number of anilines is 2. The third kappa shape index (κ3) is 2.73. The van der Waals surface area contributed by atoms with Crippen LogP contribution in [0.5, 0.6) is 5.88 Å². The van der Waals surface area contributed by atoms with E-state index < -0.39 is 0 Å². The van der Waals surface area contributed by atoms with Gasteiger partial charge in [-0.05, 0) is 26.9 Å². The Kier molecular flexibility index (Phi) is 4.09. The molecule has 0 aliphatic carbocycles. The molecule has 6 nitrogen and oxygen atoms in total. The van der Waals surface area contributed by atoms with Crippen LogP contribution in [0.3, 0.4) is 0 Å². The predicted octanol–water partition coefficient (Wildman–Crippen LogP) is 0.844. The Balaban J connectivity index is 2.21. The fraction of sp³-hybridized carbons (Fsp3) is 0.692. The number of nitrogen functional groups attached to an aromatic ring is 1. The van der Waals surface area contributed by atoms with Crippen molar-refractivity contribution >= 4 is 11.5 Å². The molecule has 1 aromatic rings. The smallest absolute Gasteiger partial charge is 0.242 e. The summed E-state index contributed by atoms with van der Waals surface area (Å²) < 4.78 is 5.42. The molecule has 0 bridgehead atoms. The SMILES string of the molecule is CCOc1ncnc(N2CC(C)C(N(C)C)C2)c1N. The molecule has 0 saturated carbocycles. The second-order valence-electron chi connectivity index (χ2n) is 5.26. The van der Waals surface area contributed by atoms with Crippen molar-refractivity contribution in [1.29, 1.82) is 0 Å². The predicted molar refractivity (Wildman–Crippen MR) is 76.5 cm³/mol. The summed E-state index contributed by atoms with van der Waals surface area (Å²) in [6, 6.07) is 0.518. The minimum atomic E-state index is 0.480.